The summed E-state index contributed by atoms with van der Waals surface area (Å²) in [7, 11) is -3.33. The molecular formula is C17H14N2O3S. The van der Waals surface area contributed by atoms with Gasteiger partial charge in [-0.05, 0) is 48.0 Å². The zero-order valence-electron chi connectivity index (χ0n) is 12.4. The standard InChI is InChI=1S/C17H14N2O3S/c1-23(21,22)19-16-9-7-15(8-10-16)17(20)11-6-13-2-4-14(12-18)5-3-13/h2-11,19H,1H3. The van der Waals surface area contributed by atoms with Crippen molar-refractivity contribution in [2.45, 2.75) is 0 Å². The maximum absolute atomic E-state index is 12.1. The summed E-state index contributed by atoms with van der Waals surface area (Å²) in [6.07, 6.45) is 4.15. The topological polar surface area (TPSA) is 87.0 Å². The molecule has 0 radical (unpaired) electrons. The Kier molecular flexibility index (Phi) is 4.94. The lowest BCUT2D eigenvalue weighted by Crippen LogP contribution is -2.09. The van der Waals surface area contributed by atoms with Crippen molar-refractivity contribution in [2.75, 3.05) is 11.0 Å². The number of ketones is 1. The maximum Gasteiger partial charge on any atom is 0.229 e. The Balaban J connectivity index is 2.08. The van der Waals surface area contributed by atoms with E-state index in [2.05, 4.69) is 4.72 Å². The Bertz CT molecular complexity index is 875. The largest absolute Gasteiger partial charge is 0.289 e. The van der Waals surface area contributed by atoms with Crippen LogP contribution in [0.3, 0.4) is 0 Å². The van der Waals surface area contributed by atoms with Crippen LogP contribution < -0.4 is 4.72 Å². The number of sulfonamides is 1. The van der Waals surface area contributed by atoms with Crippen molar-refractivity contribution >= 4 is 27.6 Å². The zero-order chi connectivity index (χ0) is 16.9. The van der Waals surface area contributed by atoms with Crippen LogP contribution in [0.4, 0.5) is 5.69 Å². The van der Waals surface area contributed by atoms with E-state index in [0.29, 0.717) is 16.8 Å². The van der Waals surface area contributed by atoms with Crippen LogP contribution in [0.15, 0.2) is 54.6 Å². The minimum Gasteiger partial charge on any atom is -0.289 e. The highest BCUT2D eigenvalue weighted by atomic mass is 32.2. The Morgan fingerprint density at radius 3 is 2.22 bits per heavy atom. The minimum atomic E-state index is -3.33. The second kappa shape index (κ2) is 6.90. The van der Waals surface area contributed by atoms with E-state index in [0.717, 1.165) is 11.8 Å². The quantitative estimate of drug-likeness (QED) is 0.676. The summed E-state index contributed by atoms with van der Waals surface area (Å²) in [6.45, 7) is 0. The molecule has 0 bridgehead atoms. The van der Waals surface area contributed by atoms with Gasteiger partial charge in [0.2, 0.25) is 10.0 Å². The van der Waals surface area contributed by atoms with Crippen LogP contribution in [-0.2, 0) is 10.0 Å². The third kappa shape index (κ3) is 5.09. The van der Waals surface area contributed by atoms with E-state index in [4.69, 9.17) is 5.26 Å². The van der Waals surface area contributed by atoms with Gasteiger partial charge in [-0.3, -0.25) is 9.52 Å². The summed E-state index contributed by atoms with van der Waals surface area (Å²) in [5.41, 5.74) is 2.23. The van der Waals surface area contributed by atoms with Crippen molar-refractivity contribution in [1.29, 1.82) is 5.26 Å². The van der Waals surface area contributed by atoms with E-state index in [1.54, 1.807) is 42.5 Å². The number of carbonyl (C=O) groups is 1. The van der Waals surface area contributed by atoms with E-state index < -0.39 is 10.0 Å². The number of carbonyl (C=O) groups excluding carboxylic acids is 1. The van der Waals surface area contributed by atoms with Crippen LogP contribution in [0.5, 0.6) is 0 Å². The fourth-order valence-corrected chi connectivity index (χ4v) is 2.42. The van der Waals surface area contributed by atoms with Gasteiger partial charge in [-0.15, -0.1) is 0 Å². The monoisotopic (exact) mass is 326 g/mol. The molecule has 1 N–H and O–H groups in total. The molecule has 5 nitrogen and oxygen atoms in total. The first-order valence-corrected chi connectivity index (χ1v) is 8.57. The minimum absolute atomic E-state index is 0.194. The summed E-state index contributed by atoms with van der Waals surface area (Å²) in [6, 6.07) is 15.1. The first-order chi connectivity index (χ1) is 10.9. The first-order valence-electron chi connectivity index (χ1n) is 6.68. The Morgan fingerprint density at radius 1 is 1.09 bits per heavy atom. The van der Waals surface area contributed by atoms with E-state index in [1.807, 2.05) is 6.07 Å². The van der Waals surface area contributed by atoms with Crippen LogP contribution in [0.1, 0.15) is 21.5 Å². The zero-order valence-corrected chi connectivity index (χ0v) is 13.2. The third-order valence-electron chi connectivity index (χ3n) is 2.94. The predicted molar refractivity (Wildman–Crippen MR) is 89.4 cm³/mol. The van der Waals surface area contributed by atoms with Crippen LogP contribution in [-0.4, -0.2) is 20.5 Å². The average Bonchev–Trinajstić information content (AvgIpc) is 2.52. The molecule has 0 heterocycles. The van der Waals surface area contributed by atoms with Gasteiger partial charge in [0.05, 0.1) is 17.9 Å². The third-order valence-corrected chi connectivity index (χ3v) is 3.55. The first kappa shape index (κ1) is 16.5. The molecule has 0 atom stereocenters. The normalized spacial score (nSPS) is 11.1. The maximum atomic E-state index is 12.1. The van der Waals surface area contributed by atoms with Crippen LogP contribution in [0.25, 0.3) is 6.08 Å². The van der Waals surface area contributed by atoms with Crippen molar-refractivity contribution in [3.63, 3.8) is 0 Å². The lowest BCUT2D eigenvalue weighted by molar-refractivity contribution is 0.104. The van der Waals surface area contributed by atoms with Gasteiger partial charge in [-0.2, -0.15) is 5.26 Å². The molecule has 0 aromatic heterocycles. The van der Waals surface area contributed by atoms with Gasteiger partial charge in [0.25, 0.3) is 0 Å². The van der Waals surface area contributed by atoms with Crippen LogP contribution in [0.2, 0.25) is 0 Å². The highest BCUT2D eigenvalue weighted by Crippen LogP contribution is 2.12. The van der Waals surface area contributed by atoms with Gasteiger partial charge in [-0.1, -0.05) is 18.2 Å². The van der Waals surface area contributed by atoms with Crippen molar-refractivity contribution in [2.24, 2.45) is 0 Å². The molecule has 2 rings (SSSR count). The van der Waals surface area contributed by atoms with Gasteiger partial charge in [-0.25, -0.2) is 8.42 Å². The van der Waals surface area contributed by atoms with Crippen molar-refractivity contribution in [3.05, 3.63) is 71.3 Å². The summed E-state index contributed by atoms with van der Waals surface area (Å²) in [5, 5.41) is 8.72. The molecular weight excluding hydrogens is 312 g/mol. The summed E-state index contributed by atoms with van der Waals surface area (Å²) in [4.78, 5) is 12.1. The highest BCUT2D eigenvalue weighted by molar-refractivity contribution is 7.92. The Morgan fingerprint density at radius 2 is 1.70 bits per heavy atom. The average molecular weight is 326 g/mol. The summed E-state index contributed by atoms with van der Waals surface area (Å²) in [5.74, 6) is -0.194. The van der Waals surface area contributed by atoms with Gasteiger partial charge < -0.3 is 0 Å². The van der Waals surface area contributed by atoms with E-state index >= 15 is 0 Å². The number of nitrogens with zero attached hydrogens (tertiary/aromatic N) is 1. The molecule has 0 saturated carbocycles. The van der Waals surface area contributed by atoms with Gasteiger partial charge in [0.1, 0.15) is 0 Å². The molecule has 2 aromatic rings. The molecule has 0 saturated heterocycles. The molecule has 0 aliphatic heterocycles. The Hall–Kier alpha value is -2.91. The molecule has 2 aromatic carbocycles. The second-order valence-electron chi connectivity index (χ2n) is 4.88. The number of hydrogen-bond acceptors (Lipinski definition) is 4. The molecule has 0 fully saturated rings. The number of allylic oxidation sites excluding steroid dienone is 1. The van der Waals surface area contributed by atoms with Crippen molar-refractivity contribution < 1.29 is 13.2 Å². The van der Waals surface area contributed by atoms with E-state index in [-0.39, 0.29) is 5.78 Å². The van der Waals surface area contributed by atoms with Crippen molar-refractivity contribution in [3.8, 4) is 6.07 Å². The van der Waals surface area contributed by atoms with Gasteiger partial charge in [0, 0.05) is 11.3 Å². The van der Waals surface area contributed by atoms with Crippen LogP contribution >= 0.6 is 0 Å². The number of benzene rings is 2. The van der Waals surface area contributed by atoms with Gasteiger partial charge >= 0.3 is 0 Å². The number of nitrogens with one attached hydrogen (secondary N) is 1. The Labute approximate surface area is 134 Å². The summed E-state index contributed by atoms with van der Waals surface area (Å²) >= 11 is 0. The van der Waals surface area contributed by atoms with E-state index in [1.165, 1.54) is 18.2 Å². The molecule has 0 unspecified atom stereocenters. The molecule has 6 heteroatoms. The number of anilines is 1. The molecule has 116 valence electrons. The number of rotatable bonds is 5. The van der Waals surface area contributed by atoms with Gasteiger partial charge in [0.15, 0.2) is 5.78 Å². The lowest BCUT2D eigenvalue weighted by Gasteiger charge is -2.03. The SMILES string of the molecule is CS(=O)(=O)Nc1ccc(C(=O)C=Cc2ccc(C#N)cc2)cc1. The molecule has 0 spiro atoms. The molecule has 0 amide bonds. The fraction of sp³-hybridized carbons (Fsp3) is 0.0588. The molecule has 0 aliphatic rings. The molecule has 0 aliphatic carbocycles. The van der Waals surface area contributed by atoms with Crippen molar-refractivity contribution in [1.82, 2.24) is 0 Å². The van der Waals surface area contributed by atoms with E-state index in [9.17, 15) is 13.2 Å². The predicted octanol–water partition coefficient (Wildman–Crippen LogP) is 2.83. The number of nitriles is 1. The highest BCUT2D eigenvalue weighted by Gasteiger charge is 2.04. The smallest absolute Gasteiger partial charge is 0.229 e. The summed E-state index contributed by atoms with van der Waals surface area (Å²) < 4.78 is 24.6. The number of hydrogen-bond donors (Lipinski definition) is 1. The fourth-order valence-electron chi connectivity index (χ4n) is 1.85. The van der Waals surface area contributed by atoms with Crippen LogP contribution in [0, 0.1) is 11.3 Å². The lowest BCUT2D eigenvalue weighted by atomic mass is 10.1. The molecule has 23 heavy (non-hydrogen) atoms. The second-order valence-corrected chi connectivity index (χ2v) is 6.63.